The van der Waals surface area contributed by atoms with Crippen LogP contribution >= 0.6 is 0 Å². The molecule has 13 nitrogen and oxygen atoms in total. The Bertz CT molecular complexity index is 234. The van der Waals surface area contributed by atoms with Crippen LogP contribution in [0.2, 0.25) is 0 Å². The van der Waals surface area contributed by atoms with Crippen LogP contribution in [0.1, 0.15) is 0 Å². The average Bonchev–Trinajstić information content (AvgIpc) is 2.26. The molecule has 0 aliphatic carbocycles. The van der Waals surface area contributed by atoms with Gasteiger partial charge in [0.15, 0.2) is 0 Å². The average molecular weight is 389 g/mol. The zero-order valence-corrected chi connectivity index (χ0v) is 8.57. The zero-order chi connectivity index (χ0) is 10.7. The standard InChI is InChI=1S/Ir.6NO.H3N/c;6*1-2;/h;;;;;;;1H3/q+6;6*-1;. The van der Waals surface area contributed by atoms with Gasteiger partial charge in [-0.15, -0.1) is 0 Å². The molecule has 0 aliphatic rings. The Labute approximate surface area is 73.7 Å². The Morgan fingerprint density at radius 1 is 0.500 bits per heavy atom. The van der Waals surface area contributed by atoms with Gasteiger partial charge in [-0.2, -0.15) is 0 Å². The molecule has 0 amide bonds. The normalized spacial score (nSPS) is 14.6. The molecule has 0 radical (unpaired) electrons. The summed E-state index contributed by atoms with van der Waals surface area (Å²) in [7, 11) is 0. The van der Waals surface area contributed by atoms with Crippen molar-refractivity contribution in [1.29, 1.82) is 0 Å². The van der Waals surface area contributed by atoms with Gasteiger partial charge in [0.1, 0.15) is 0 Å². The number of hydrogen-bond acceptors (Lipinski definition) is 13. The molecule has 0 aliphatic heterocycles. The van der Waals surface area contributed by atoms with Crippen LogP contribution in [0.15, 0.2) is 23.1 Å². The minimum atomic E-state index is -8.11. The minimum absolute atomic E-state index is 0. The number of hydrogen-bond donors (Lipinski definition) is 1. The Hall–Kier alpha value is -1.79. The summed E-state index contributed by atoms with van der Waals surface area (Å²) >= 11 is -8.11. The van der Waals surface area contributed by atoms with Crippen LogP contribution in [0, 0.1) is 29.4 Å². The van der Waals surface area contributed by atoms with Crippen LogP contribution in [0.3, 0.4) is 0 Å². The molecule has 0 aromatic carbocycles. The molecule has 0 unspecified atom stereocenters. The van der Waals surface area contributed by atoms with Gasteiger partial charge >= 0.3 is 66.9 Å². The Morgan fingerprint density at radius 2 is 0.643 bits per heavy atom. The molecule has 0 aromatic rings. The first kappa shape index (κ1) is 14.7. The second-order valence-electron chi connectivity index (χ2n) is 1.37. The van der Waals surface area contributed by atoms with Crippen molar-refractivity contribution in [1.82, 2.24) is 6.15 Å². The van der Waals surface area contributed by atoms with E-state index in [1.54, 1.807) is 0 Å². The van der Waals surface area contributed by atoms with Gasteiger partial charge in [0.2, 0.25) is 0 Å². The van der Waals surface area contributed by atoms with Crippen molar-refractivity contribution in [3.63, 3.8) is 0 Å². The van der Waals surface area contributed by atoms with Crippen LogP contribution in [0.25, 0.3) is 0 Å². The zero-order valence-electron chi connectivity index (χ0n) is 6.17. The molecule has 0 aromatic heterocycles. The fourth-order valence-electron chi connectivity index (χ4n) is 0.167. The first-order valence-corrected chi connectivity index (χ1v) is 8.42. The van der Waals surface area contributed by atoms with Crippen LogP contribution in [-0.2, 0) is 14.3 Å². The summed E-state index contributed by atoms with van der Waals surface area (Å²) < 4.78 is 8.50. The molecule has 83 valence electrons. The summed E-state index contributed by atoms with van der Waals surface area (Å²) in [6.45, 7) is 0. The topological polar surface area (TPSA) is 212 Å². The van der Waals surface area contributed by atoms with E-state index in [4.69, 9.17) is 0 Å². The van der Waals surface area contributed by atoms with Gasteiger partial charge in [-0.05, 0) is 0 Å². The first-order valence-electron chi connectivity index (χ1n) is 1.99. The van der Waals surface area contributed by atoms with Crippen LogP contribution in [-0.4, -0.2) is 0 Å². The summed E-state index contributed by atoms with van der Waals surface area (Å²) in [5, 5.41) is 0. The van der Waals surface area contributed by atoms with Crippen LogP contribution in [0.4, 0.5) is 0 Å². The second-order valence-corrected chi connectivity index (χ2v) is 11.2. The fraction of sp³-hybridized carbons (Fsp3) is 0. The SMILES string of the molecule is N.O=[N][Ir]([N]=O)([N]=O)([N]=O)([N]=O)[N]=O. The summed E-state index contributed by atoms with van der Waals surface area (Å²) in [6.07, 6.45) is 0. The quantitative estimate of drug-likeness (QED) is 0.659. The van der Waals surface area contributed by atoms with Gasteiger partial charge in [0, 0.05) is 0 Å². The Morgan fingerprint density at radius 3 is 0.643 bits per heavy atom. The van der Waals surface area contributed by atoms with Crippen molar-refractivity contribution < 1.29 is 14.3 Å². The molecule has 0 heterocycles. The number of nitrogens with zero attached hydrogens (tertiary/aromatic N) is 6. The maximum atomic E-state index is 9.99. The fourth-order valence-corrected chi connectivity index (χ4v) is 1.36. The van der Waals surface area contributed by atoms with E-state index in [0.29, 0.717) is 0 Å². The van der Waals surface area contributed by atoms with E-state index >= 15 is 0 Å². The molecule has 0 spiro atoms. The van der Waals surface area contributed by atoms with Gasteiger partial charge in [-0.1, -0.05) is 0 Å². The summed E-state index contributed by atoms with van der Waals surface area (Å²) in [4.78, 5) is 59.9. The van der Waals surface area contributed by atoms with E-state index in [1.807, 2.05) is 0 Å². The first-order chi connectivity index (χ1) is 5.97. The van der Waals surface area contributed by atoms with Gasteiger partial charge in [0.05, 0.1) is 0 Å². The van der Waals surface area contributed by atoms with Crippen molar-refractivity contribution in [2.75, 3.05) is 0 Å². The predicted molar refractivity (Wildman–Crippen MR) is 39.8 cm³/mol. The number of nitroso groups, excluding NO2 is 6. The Balaban J connectivity index is 0. The molecule has 0 bridgehead atoms. The number of rotatable bonds is 6. The van der Waals surface area contributed by atoms with Gasteiger partial charge in [-0.3, -0.25) is 0 Å². The molecule has 0 saturated heterocycles. The van der Waals surface area contributed by atoms with Gasteiger partial charge in [-0.25, -0.2) is 0 Å². The van der Waals surface area contributed by atoms with Crippen LogP contribution in [0.5, 0.6) is 0 Å². The third kappa shape index (κ3) is 1.09. The van der Waals surface area contributed by atoms with E-state index < -0.39 is 14.3 Å². The van der Waals surface area contributed by atoms with Gasteiger partial charge in [0.25, 0.3) is 0 Å². The molecule has 3 N–H and O–H groups in total. The van der Waals surface area contributed by atoms with Gasteiger partial charge < -0.3 is 6.15 Å². The molecular formula is H3IrN7O6. The van der Waals surface area contributed by atoms with E-state index in [-0.39, 0.29) is 6.15 Å². The molecule has 0 saturated carbocycles. The second kappa shape index (κ2) is 3.17. The third-order valence-corrected chi connectivity index (χ3v) is 6.68. The molecule has 0 atom stereocenters. The molecule has 14 heavy (non-hydrogen) atoms. The monoisotopic (exact) mass is 390 g/mol. The van der Waals surface area contributed by atoms with E-state index in [2.05, 4.69) is 0 Å². The molecular weight excluding hydrogens is 386 g/mol. The molecule has 0 rings (SSSR count). The summed E-state index contributed by atoms with van der Waals surface area (Å²) in [5.74, 6) is 0. The van der Waals surface area contributed by atoms with E-state index in [9.17, 15) is 29.4 Å². The predicted octanol–water partition coefficient (Wildman–Crippen LogP) is 1.46. The third-order valence-electron chi connectivity index (χ3n) is 0.816. The van der Waals surface area contributed by atoms with E-state index in [0.717, 1.165) is 0 Å². The van der Waals surface area contributed by atoms with Crippen molar-refractivity contribution in [2.45, 2.75) is 0 Å². The Kier molecular flexibility index (Phi) is 3.33. The summed E-state index contributed by atoms with van der Waals surface area (Å²) in [6, 6.07) is 0. The van der Waals surface area contributed by atoms with Crippen molar-refractivity contribution >= 4 is 0 Å². The van der Waals surface area contributed by atoms with Crippen molar-refractivity contribution in [3.8, 4) is 0 Å². The maximum absolute atomic E-state index is 9.99. The van der Waals surface area contributed by atoms with Crippen molar-refractivity contribution in [2.24, 2.45) is 23.1 Å². The molecule has 14 heteroatoms. The van der Waals surface area contributed by atoms with E-state index in [1.165, 1.54) is 23.1 Å². The van der Waals surface area contributed by atoms with Crippen molar-refractivity contribution in [3.05, 3.63) is 29.4 Å². The van der Waals surface area contributed by atoms with Crippen LogP contribution < -0.4 is 6.15 Å². The summed E-state index contributed by atoms with van der Waals surface area (Å²) in [5.41, 5.74) is 0. The molecule has 0 fully saturated rings.